The Morgan fingerprint density at radius 2 is 1.97 bits per heavy atom. The highest BCUT2D eigenvalue weighted by molar-refractivity contribution is 5.93. The van der Waals surface area contributed by atoms with Crippen molar-refractivity contribution in [3.8, 4) is 0 Å². The average molecular weight is 470 g/mol. The van der Waals surface area contributed by atoms with Crippen LogP contribution in [0.3, 0.4) is 0 Å². The van der Waals surface area contributed by atoms with Crippen molar-refractivity contribution in [2.75, 3.05) is 13.1 Å². The Balaban J connectivity index is 1.11. The van der Waals surface area contributed by atoms with Gasteiger partial charge in [-0.1, -0.05) is 60.7 Å². The zero-order chi connectivity index (χ0) is 24.0. The molecule has 0 aliphatic carbocycles. The molecule has 5 atom stereocenters. The molecule has 6 rings (SSSR count). The number of aromatic amines is 1. The third kappa shape index (κ3) is 3.86. The molecular weight excluding hydrogens is 438 g/mol. The summed E-state index contributed by atoms with van der Waals surface area (Å²) in [5.41, 5.74) is 2.89. The summed E-state index contributed by atoms with van der Waals surface area (Å²) >= 11 is 0. The number of hydrogen-bond acceptors (Lipinski definition) is 3. The van der Waals surface area contributed by atoms with Crippen LogP contribution in [0.2, 0.25) is 0 Å². The maximum atomic E-state index is 13.5. The van der Waals surface area contributed by atoms with Gasteiger partial charge in [0, 0.05) is 29.7 Å². The van der Waals surface area contributed by atoms with E-state index in [2.05, 4.69) is 34.6 Å². The first kappa shape index (κ1) is 22.1. The number of benzene rings is 2. The van der Waals surface area contributed by atoms with Gasteiger partial charge in [-0.3, -0.25) is 9.59 Å². The standard InChI is InChI=1S/C29H31N3O3/c1-19(11-12-20-7-3-2-4-8-20)31-27(33)25-24-13-15-29(35-24)18-32(28(34)26(25)29)16-14-21-17-30-23-10-6-5-9-22(21)23/h2-10,13,15,17,19,24-26,30H,11-12,14,16,18H2,1H3,(H,31,33)/t19?,24-,25?,26?,29-/m1/s1. The van der Waals surface area contributed by atoms with Gasteiger partial charge < -0.3 is 19.9 Å². The molecule has 6 nitrogen and oxygen atoms in total. The van der Waals surface area contributed by atoms with E-state index in [4.69, 9.17) is 4.74 Å². The molecule has 3 aliphatic rings. The van der Waals surface area contributed by atoms with E-state index in [1.807, 2.05) is 60.5 Å². The van der Waals surface area contributed by atoms with Gasteiger partial charge in [0.05, 0.1) is 24.5 Å². The van der Waals surface area contributed by atoms with Crippen LogP contribution in [0.25, 0.3) is 10.9 Å². The van der Waals surface area contributed by atoms with Crippen molar-refractivity contribution in [1.82, 2.24) is 15.2 Å². The number of hydrogen-bond donors (Lipinski definition) is 2. The highest BCUT2D eigenvalue weighted by Crippen LogP contribution is 2.51. The number of carbonyl (C=O) groups excluding carboxylic acids is 2. The van der Waals surface area contributed by atoms with E-state index in [1.54, 1.807) is 0 Å². The molecule has 3 unspecified atom stereocenters. The molecule has 2 N–H and O–H groups in total. The fraction of sp³-hybridized carbons (Fsp3) is 0.379. The summed E-state index contributed by atoms with van der Waals surface area (Å²) in [6.07, 6.45) is 8.23. The first-order chi connectivity index (χ1) is 17.0. The number of amides is 2. The van der Waals surface area contributed by atoms with Crippen molar-refractivity contribution in [2.24, 2.45) is 11.8 Å². The minimum Gasteiger partial charge on any atom is -0.361 e. The van der Waals surface area contributed by atoms with Crippen LogP contribution in [0.5, 0.6) is 0 Å². The van der Waals surface area contributed by atoms with Crippen molar-refractivity contribution in [1.29, 1.82) is 0 Å². The minimum atomic E-state index is -0.669. The average Bonchev–Trinajstić information content (AvgIpc) is 3.62. The largest absolute Gasteiger partial charge is 0.361 e. The Kier molecular flexibility index (Phi) is 5.49. The van der Waals surface area contributed by atoms with Gasteiger partial charge in [-0.25, -0.2) is 0 Å². The molecule has 2 amide bonds. The fourth-order valence-corrected chi connectivity index (χ4v) is 6.10. The van der Waals surface area contributed by atoms with E-state index in [9.17, 15) is 9.59 Å². The maximum absolute atomic E-state index is 13.5. The van der Waals surface area contributed by atoms with E-state index < -0.39 is 17.4 Å². The fourth-order valence-electron chi connectivity index (χ4n) is 6.10. The van der Waals surface area contributed by atoms with Crippen molar-refractivity contribution >= 4 is 22.7 Å². The molecular formula is C29H31N3O3. The lowest BCUT2D eigenvalue weighted by Gasteiger charge is -2.25. The number of H-pyrrole nitrogens is 1. The number of ether oxygens (including phenoxy) is 1. The van der Waals surface area contributed by atoms with Gasteiger partial charge in [-0.2, -0.15) is 0 Å². The van der Waals surface area contributed by atoms with Crippen LogP contribution in [0, 0.1) is 11.8 Å². The van der Waals surface area contributed by atoms with E-state index in [-0.39, 0.29) is 24.0 Å². The van der Waals surface area contributed by atoms with Crippen LogP contribution in [0.4, 0.5) is 0 Å². The number of nitrogens with one attached hydrogen (secondary N) is 2. The number of likely N-dealkylation sites (tertiary alicyclic amines) is 1. The summed E-state index contributed by atoms with van der Waals surface area (Å²) in [4.78, 5) is 32.1. The summed E-state index contributed by atoms with van der Waals surface area (Å²) in [5.74, 6) is -0.945. The zero-order valence-electron chi connectivity index (χ0n) is 19.9. The lowest BCUT2D eigenvalue weighted by molar-refractivity contribution is -0.137. The molecule has 3 aromatic rings. The number of carbonyl (C=O) groups is 2. The Bertz CT molecular complexity index is 1280. The normalized spacial score (nSPS) is 27.5. The lowest BCUT2D eigenvalue weighted by Crippen LogP contribution is -2.46. The Morgan fingerprint density at radius 1 is 1.17 bits per heavy atom. The van der Waals surface area contributed by atoms with Crippen LogP contribution in [0.15, 0.2) is 72.9 Å². The smallest absolute Gasteiger partial charge is 0.230 e. The summed E-state index contributed by atoms with van der Waals surface area (Å²) in [5, 5.41) is 4.36. The van der Waals surface area contributed by atoms with Crippen molar-refractivity contribution in [3.05, 3.63) is 84.1 Å². The molecule has 1 aromatic heterocycles. The number of nitrogens with zero attached hydrogens (tertiary/aromatic N) is 1. The first-order valence-corrected chi connectivity index (χ1v) is 12.6. The predicted molar refractivity (Wildman–Crippen MR) is 135 cm³/mol. The van der Waals surface area contributed by atoms with Crippen LogP contribution in [-0.4, -0.2) is 52.5 Å². The molecule has 3 aliphatic heterocycles. The number of aromatic nitrogens is 1. The van der Waals surface area contributed by atoms with Gasteiger partial charge in [-0.05, 0) is 43.4 Å². The molecule has 1 spiro atoms. The van der Waals surface area contributed by atoms with Gasteiger partial charge >= 0.3 is 0 Å². The first-order valence-electron chi connectivity index (χ1n) is 12.6. The summed E-state index contributed by atoms with van der Waals surface area (Å²) < 4.78 is 6.30. The highest BCUT2D eigenvalue weighted by atomic mass is 16.5. The molecule has 0 radical (unpaired) electrons. The topological polar surface area (TPSA) is 74.4 Å². The number of rotatable bonds is 8. The third-order valence-corrected chi connectivity index (χ3v) is 7.90. The molecule has 35 heavy (non-hydrogen) atoms. The molecule has 2 bridgehead atoms. The Hall–Kier alpha value is -3.38. The molecule has 4 heterocycles. The van der Waals surface area contributed by atoms with E-state index in [1.165, 1.54) is 16.5 Å². The van der Waals surface area contributed by atoms with Gasteiger partial charge in [0.1, 0.15) is 5.60 Å². The Labute approximate surface area is 205 Å². The van der Waals surface area contributed by atoms with Crippen LogP contribution >= 0.6 is 0 Å². The lowest BCUT2D eigenvalue weighted by atomic mass is 9.76. The van der Waals surface area contributed by atoms with Crippen LogP contribution in [0.1, 0.15) is 24.5 Å². The highest BCUT2D eigenvalue weighted by Gasteiger charge is 2.66. The summed E-state index contributed by atoms with van der Waals surface area (Å²) in [6.45, 7) is 3.16. The maximum Gasteiger partial charge on any atom is 0.230 e. The van der Waals surface area contributed by atoms with Crippen LogP contribution in [-0.2, 0) is 27.2 Å². The SMILES string of the molecule is CC(CCc1ccccc1)NC(=O)C1C2C(=O)N(CCc3c[nH]c4ccccc34)C[C@]23C=C[C@H]1O3. The minimum absolute atomic E-state index is 0.0243. The Morgan fingerprint density at radius 3 is 2.83 bits per heavy atom. The molecule has 2 aromatic carbocycles. The van der Waals surface area contributed by atoms with E-state index in [0.29, 0.717) is 13.1 Å². The molecule has 6 heteroatoms. The van der Waals surface area contributed by atoms with E-state index >= 15 is 0 Å². The molecule has 2 saturated heterocycles. The van der Waals surface area contributed by atoms with Gasteiger partial charge in [0.15, 0.2) is 0 Å². The van der Waals surface area contributed by atoms with Gasteiger partial charge in [0.25, 0.3) is 0 Å². The second-order valence-electron chi connectivity index (χ2n) is 10.2. The van der Waals surface area contributed by atoms with Gasteiger partial charge in [0.2, 0.25) is 11.8 Å². The quantitative estimate of drug-likeness (QED) is 0.495. The van der Waals surface area contributed by atoms with E-state index in [0.717, 1.165) is 24.8 Å². The second kappa shape index (κ2) is 8.68. The monoisotopic (exact) mass is 469 g/mol. The summed E-state index contributed by atoms with van der Waals surface area (Å²) in [6, 6.07) is 18.5. The third-order valence-electron chi connectivity index (χ3n) is 7.90. The number of fused-ring (bicyclic) bond motifs is 2. The second-order valence-corrected chi connectivity index (χ2v) is 10.2. The van der Waals surface area contributed by atoms with Crippen molar-refractivity contribution in [2.45, 2.75) is 43.9 Å². The number of aryl methyl sites for hydroxylation is 1. The molecule has 0 saturated carbocycles. The molecule has 180 valence electrons. The predicted octanol–water partition coefficient (Wildman–Crippen LogP) is 3.63. The molecule has 2 fully saturated rings. The van der Waals surface area contributed by atoms with Gasteiger partial charge in [-0.15, -0.1) is 0 Å². The number of para-hydroxylation sites is 1. The van der Waals surface area contributed by atoms with Crippen molar-refractivity contribution in [3.63, 3.8) is 0 Å². The zero-order valence-corrected chi connectivity index (χ0v) is 19.9. The van der Waals surface area contributed by atoms with Crippen molar-refractivity contribution < 1.29 is 14.3 Å². The summed E-state index contributed by atoms with van der Waals surface area (Å²) in [7, 11) is 0. The van der Waals surface area contributed by atoms with Crippen LogP contribution < -0.4 is 5.32 Å².